The Morgan fingerprint density at radius 3 is 2.54 bits per heavy atom. The maximum absolute atomic E-state index is 13.2. The quantitative estimate of drug-likeness (QED) is 0.816. The number of rotatable bonds is 6. The number of nitrogens with one attached hydrogen (secondary N) is 2. The number of hydrogen-bond acceptors (Lipinski definition) is 4. The van der Waals surface area contributed by atoms with E-state index in [1.165, 1.54) is 11.1 Å². The van der Waals surface area contributed by atoms with Crippen molar-refractivity contribution in [3.8, 4) is 0 Å². The van der Waals surface area contributed by atoms with Crippen molar-refractivity contribution in [2.24, 2.45) is 5.41 Å². The van der Waals surface area contributed by atoms with Crippen LogP contribution in [-0.2, 0) is 19.7 Å². The zero-order chi connectivity index (χ0) is 18.5. The van der Waals surface area contributed by atoms with Gasteiger partial charge < -0.3 is 20.1 Å². The van der Waals surface area contributed by atoms with Gasteiger partial charge in [0.2, 0.25) is 5.91 Å². The maximum atomic E-state index is 13.2. The highest BCUT2D eigenvalue weighted by atomic mass is 16.5. The highest BCUT2D eigenvalue weighted by Crippen LogP contribution is 2.37. The molecule has 1 aromatic rings. The Labute approximate surface area is 156 Å². The summed E-state index contributed by atoms with van der Waals surface area (Å²) in [7, 11) is 1.68. The molecule has 1 amide bonds. The van der Waals surface area contributed by atoms with Crippen LogP contribution in [-0.4, -0.2) is 52.5 Å². The largest absolute Gasteiger partial charge is 0.384 e. The molecule has 5 heteroatoms. The molecule has 144 valence electrons. The SMILES string of the molecule is COCC1(C(=O)NCC2(c3ccccc3C)CCOCC2)CCNCC1. The lowest BCUT2D eigenvalue weighted by Gasteiger charge is -2.41. The van der Waals surface area contributed by atoms with Crippen LogP contribution in [0.3, 0.4) is 0 Å². The highest BCUT2D eigenvalue weighted by molar-refractivity contribution is 5.83. The van der Waals surface area contributed by atoms with Gasteiger partial charge in [-0.2, -0.15) is 0 Å². The smallest absolute Gasteiger partial charge is 0.228 e. The summed E-state index contributed by atoms with van der Waals surface area (Å²) in [6, 6.07) is 8.55. The minimum absolute atomic E-state index is 0.0412. The number of aryl methyl sites for hydroxylation is 1. The van der Waals surface area contributed by atoms with E-state index in [9.17, 15) is 4.79 Å². The number of ether oxygens (including phenoxy) is 2. The van der Waals surface area contributed by atoms with E-state index < -0.39 is 5.41 Å². The van der Waals surface area contributed by atoms with Crippen molar-refractivity contribution in [1.29, 1.82) is 0 Å². The van der Waals surface area contributed by atoms with Crippen LogP contribution in [0.4, 0.5) is 0 Å². The van der Waals surface area contributed by atoms with Crippen LogP contribution in [0.25, 0.3) is 0 Å². The van der Waals surface area contributed by atoms with E-state index in [4.69, 9.17) is 9.47 Å². The maximum Gasteiger partial charge on any atom is 0.228 e. The zero-order valence-corrected chi connectivity index (χ0v) is 16.1. The minimum Gasteiger partial charge on any atom is -0.384 e. The van der Waals surface area contributed by atoms with Gasteiger partial charge in [0.05, 0.1) is 12.0 Å². The molecule has 1 aromatic carbocycles. The Kier molecular flexibility index (Phi) is 6.33. The summed E-state index contributed by atoms with van der Waals surface area (Å²) < 4.78 is 11.0. The lowest BCUT2D eigenvalue weighted by Crippen LogP contribution is -2.53. The molecule has 3 rings (SSSR count). The molecule has 2 N–H and O–H groups in total. The van der Waals surface area contributed by atoms with Crippen LogP contribution in [0.1, 0.15) is 36.8 Å². The van der Waals surface area contributed by atoms with E-state index in [2.05, 4.69) is 41.8 Å². The zero-order valence-electron chi connectivity index (χ0n) is 16.1. The third kappa shape index (κ3) is 3.95. The molecular weight excluding hydrogens is 328 g/mol. The number of carbonyl (C=O) groups is 1. The minimum atomic E-state index is -0.405. The third-order valence-corrected chi connectivity index (χ3v) is 6.22. The van der Waals surface area contributed by atoms with Gasteiger partial charge in [0.15, 0.2) is 0 Å². The second-order valence-corrected chi connectivity index (χ2v) is 7.85. The molecule has 0 bridgehead atoms. The summed E-state index contributed by atoms with van der Waals surface area (Å²) in [6.07, 6.45) is 3.54. The number of hydrogen-bond donors (Lipinski definition) is 2. The summed E-state index contributed by atoms with van der Waals surface area (Å²) in [4.78, 5) is 13.2. The van der Waals surface area contributed by atoms with Gasteiger partial charge in [0.25, 0.3) is 0 Å². The summed E-state index contributed by atoms with van der Waals surface area (Å²) in [5.74, 6) is 0.139. The Balaban J connectivity index is 1.77. The number of amides is 1. The van der Waals surface area contributed by atoms with Crippen molar-refractivity contribution < 1.29 is 14.3 Å². The number of benzene rings is 1. The van der Waals surface area contributed by atoms with Crippen LogP contribution in [0.15, 0.2) is 24.3 Å². The number of piperidine rings is 1. The van der Waals surface area contributed by atoms with Crippen LogP contribution in [0.2, 0.25) is 0 Å². The molecule has 2 saturated heterocycles. The summed E-state index contributed by atoms with van der Waals surface area (Å²) >= 11 is 0. The van der Waals surface area contributed by atoms with Crippen molar-refractivity contribution >= 4 is 5.91 Å². The third-order valence-electron chi connectivity index (χ3n) is 6.22. The van der Waals surface area contributed by atoms with E-state index in [0.29, 0.717) is 13.2 Å². The lowest BCUT2D eigenvalue weighted by molar-refractivity contribution is -0.136. The first-order valence-electron chi connectivity index (χ1n) is 9.74. The van der Waals surface area contributed by atoms with Crippen LogP contribution >= 0.6 is 0 Å². The molecule has 0 spiro atoms. The van der Waals surface area contributed by atoms with Gasteiger partial charge in [-0.15, -0.1) is 0 Å². The lowest BCUT2D eigenvalue weighted by atomic mass is 9.72. The molecule has 26 heavy (non-hydrogen) atoms. The molecule has 0 unspecified atom stereocenters. The van der Waals surface area contributed by atoms with E-state index in [1.807, 2.05) is 0 Å². The fourth-order valence-corrected chi connectivity index (χ4v) is 4.53. The Morgan fingerprint density at radius 1 is 1.19 bits per heavy atom. The summed E-state index contributed by atoms with van der Waals surface area (Å²) in [5, 5.41) is 6.66. The standard InChI is InChI=1S/C21H32N2O3/c1-17-5-3-4-6-18(17)20(9-13-26-14-10-20)15-23-19(24)21(16-25-2)7-11-22-12-8-21/h3-6,22H,7-16H2,1-2H3,(H,23,24). The molecule has 5 nitrogen and oxygen atoms in total. The molecule has 0 atom stereocenters. The second-order valence-electron chi connectivity index (χ2n) is 7.85. The molecule has 2 aliphatic rings. The van der Waals surface area contributed by atoms with Crippen LogP contribution < -0.4 is 10.6 Å². The van der Waals surface area contributed by atoms with Crippen molar-refractivity contribution in [2.45, 2.75) is 38.0 Å². The van der Waals surface area contributed by atoms with Gasteiger partial charge >= 0.3 is 0 Å². The monoisotopic (exact) mass is 360 g/mol. The van der Waals surface area contributed by atoms with Crippen molar-refractivity contribution in [2.75, 3.05) is 46.6 Å². The van der Waals surface area contributed by atoms with E-state index in [0.717, 1.165) is 52.0 Å². The molecule has 0 aromatic heterocycles. The first-order valence-corrected chi connectivity index (χ1v) is 9.74. The average molecular weight is 360 g/mol. The normalized spacial score (nSPS) is 21.9. The summed E-state index contributed by atoms with van der Waals surface area (Å²) in [5.41, 5.74) is 2.19. The second kappa shape index (κ2) is 8.51. The van der Waals surface area contributed by atoms with Gasteiger partial charge in [-0.05, 0) is 56.8 Å². The first kappa shape index (κ1) is 19.3. The Morgan fingerprint density at radius 2 is 1.88 bits per heavy atom. The Hall–Kier alpha value is -1.43. The molecule has 0 aliphatic carbocycles. The van der Waals surface area contributed by atoms with E-state index in [-0.39, 0.29) is 11.3 Å². The van der Waals surface area contributed by atoms with Gasteiger partial charge in [-0.25, -0.2) is 0 Å². The van der Waals surface area contributed by atoms with Gasteiger partial charge in [-0.1, -0.05) is 24.3 Å². The van der Waals surface area contributed by atoms with Gasteiger partial charge in [0, 0.05) is 32.3 Å². The summed E-state index contributed by atoms with van der Waals surface area (Å²) in [6.45, 7) is 6.54. The highest BCUT2D eigenvalue weighted by Gasteiger charge is 2.42. The van der Waals surface area contributed by atoms with Crippen molar-refractivity contribution in [1.82, 2.24) is 10.6 Å². The number of methoxy groups -OCH3 is 1. The molecule has 2 heterocycles. The fourth-order valence-electron chi connectivity index (χ4n) is 4.53. The van der Waals surface area contributed by atoms with Gasteiger partial charge in [-0.3, -0.25) is 4.79 Å². The molecule has 2 aliphatic heterocycles. The van der Waals surface area contributed by atoms with Crippen molar-refractivity contribution in [3.63, 3.8) is 0 Å². The predicted octanol–water partition coefficient (Wildman–Crippen LogP) is 2.18. The predicted molar refractivity (Wildman–Crippen MR) is 102 cm³/mol. The molecule has 0 radical (unpaired) electrons. The molecule has 2 fully saturated rings. The fraction of sp³-hybridized carbons (Fsp3) is 0.667. The first-order chi connectivity index (χ1) is 12.6. The van der Waals surface area contributed by atoms with Crippen LogP contribution in [0.5, 0.6) is 0 Å². The number of carbonyl (C=O) groups excluding carboxylic acids is 1. The van der Waals surface area contributed by atoms with E-state index in [1.54, 1.807) is 7.11 Å². The molecule has 0 saturated carbocycles. The van der Waals surface area contributed by atoms with Crippen molar-refractivity contribution in [3.05, 3.63) is 35.4 Å². The van der Waals surface area contributed by atoms with E-state index >= 15 is 0 Å². The average Bonchev–Trinajstić information content (AvgIpc) is 2.68. The van der Waals surface area contributed by atoms with Crippen LogP contribution in [0, 0.1) is 12.3 Å². The van der Waals surface area contributed by atoms with Gasteiger partial charge in [0.1, 0.15) is 0 Å². The topological polar surface area (TPSA) is 59.6 Å². The Bertz CT molecular complexity index is 600. The molecular formula is C21H32N2O3.